The Labute approximate surface area is 191 Å². The Balaban J connectivity index is 1.72. The van der Waals surface area contributed by atoms with Crippen LogP contribution < -0.4 is 20.7 Å². The standard InChI is InChI=1S/C21H19F2N7O3/c1-24-21(32)17-15(7-16(29-30-17)28-20(31)12-6-13(12)23)27-14-5-3-4-11(18(14)33-2)19-25-8-10(22)9-26-19/h3-5,7-9,12-13H,6H2,1-2H3,(H,24,32)(H2,27,28,29,31)/t12-,13+/m1/s1/i1D3. The normalized spacial score (nSPS) is 18.3. The Bertz CT molecular complexity index is 1310. The van der Waals surface area contributed by atoms with Crippen LogP contribution in [0.3, 0.4) is 0 Å². The third-order valence-corrected chi connectivity index (χ3v) is 4.77. The van der Waals surface area contributed by atoms with E-state index in [1.165, 1.54) is 13.2 Å². The highest BCUT2D eigenvalue weighted by Gasteiger charge is 2.43. The van der Waals surface area contributed by atoms with Crippen LogP contribution in [0, 0.1) is 11.7 Å². The molecule has 0 radical (unpaired) electrons. The fourth-order valence-corrected chi connectivity index (χ4v) is 3.06. The van der Waals surface area contributed by atoms with Crippen molar-refractivity contribution in [2.24, 2.45) is 5.92 Å². The first-order valence-electron chi connectivity index (χ1n) is 11.1. The minimum absolute atomic E-state index is 0.0369. The van der Waals surface area contributed by atoms with Gasteiger partial charge in [0.2, 0.25) is 5.91 Å². The molecule has 0 saturated heterocycles. The van der Waals surface area contributed by atoms with E-state index < -0.39 is 42.4 Å². The summed E-state index contributed by atoms with van der Waals surface area (Å²) in [6, 6.07) is 6.06. The summed E-state index contributed by atoms with van der Waals surface area (Å²) in [6.45, 7) is -2.80. The number of halogens is 2. The summed E-state index contributed by atoms with van der Waals surface area (Å²) in [7, 11) is 1.37. The van der Waals surface area contributed by atoms with E-state index in [9.17, 15) is 18.4 Å². The summed E-state index contributed by atoms with van der Waals surface area (Å²) in [5.74, 6) is -2.81. The van der Waals surface area contributed by atoms with Gasteiger partial charge in [0.05, 0.1) is 42.4 Å². The Hall–Kier alpha value is -4.22. The molecule has 12 heteroatoms. The number of carbonyl (C=O) groups excluding carboxylic acids is 2. The number of nitrogens with zero attached hydrogens (tertiary/aromatic N) is 4. The van der Waals surface area contributed by atoms with Crippen molar-refractivity contribution in [1.29, 1.82) is 0 Å². The molecular weight excluding hydrogens is 436 g/mol. The minimum Gasteiger partial charge on any atom is -0.494 e. The van der Waals surface area contributed by atoms with Crippen LogP contribution in [0.2, 0.25) is 0 Å². The number of alkyl halides is 1. The lowest BCUT2D eigenvalue weighted by atomic mass is 10.1. The highest BCUT2D eigenvalue weighted by atomic mass is 19.1. The summed E-state index contributed by atoms with van der Waals surface area (Å²) in [5.41, 5.74) is 0.228. The molecule has 0 aliphatic heterocycles. The number of benzene rings is 1. The molecule has 2 atom stereocenters. The smallest absolute Gasteiger partial charge is 0.273 e. The van der Waals surface area contributed by atoms with Gasteiger partial charge in [0.15, 0.2) is 28.9 Å². The van der Waals surface area contributed by atoms with Crippen molar-refractivity contribution in [3.63, 3.8) is 0 Å². The second-order valence-electron chi connectivity index (χ2n) is 7.03. The highest BCUT2D eigenvalue weighted by Crippen LogP contribution is 2.37. The average Bonchev–Trinajstić information content (AvgIpc) is 3.55. The maximum atomic E-state index is 13.3. The van der Waals surface area contributed by atoms with E-state index in [1.54, 1.807) is 18.2 Å². The summed E-state index contributed by atoms with van der Waals surface area (Å²) >= 11 is 0. The molecule has 1 saturated carbocycles. The number of ether oxygens (including phenoxy) is 1. The molecule has 1 fully saturated rings. The lowest BCUT2D eigenvalue weighted by molar-refractivity contribution is -0.117. The molecular formula is C21H19F2N7O3. The second-order valence-corrected chi connectivity index (χ2v) is 7.03. The monoisotopic (exact) mass is 458 g/mol. The molecule has 0 unspecified atom stereocenters. The van der Waals surface area contributed by atoms with Gasteiger partial charge in [-0.1, -0.05) is 6.07 Å². The molecule has 2 aromatic heterocycles. The molecule has 33 heavy (non-hydrogen) atoms. The Morgan fingerprint density at radius 1 is 1.21 bits per heavy atom. The van der Waals surface area contributed by atoms with E-state index in [4.69, 9.17) is 8.85 Å². The molecule has 10 nitrogen and oxygen atoms in total. The van der Waals surface area contributed by atoms with Gasteiger partial charge in [-0.05, 0) is 18.6 Å². The van der Waals surface area contributed by atoms with Crippen LogP contribution in [-0.4, -0.2) is 52.2 Å². The number of amides is 2. The van der Waals surface area contributed by atoms with Gasteiger partial charge in [-0.3, -0.25) is 9.59 Å². The molecule has 2 amide bonds. The van der Waals surface area contributed by atoms with Crippen molar-refractivity contribution in [3.8, 4) is 17.1 Å². The van der Waals surface area contributed by atoms with E-state index in [0.29, 0.717) is 5.56 Å². The zero-order valence-electron chi connectivity index (χ0n) is 20.1. The molecule has 170 valence electrons. The van der Waals surface area contributed by atoms with Gasteiger partial charge in [-0.15, -0.1) is 10.2 Å². The number of anilines is 3. The zero-order valence-corrected chi connectivity index (χ0v) is 17.1. The second kappa shape index (κ2) is 9.10. The predicted molar refractivity (Wildman–Crippen MR) is 114 cm³/mol. The molecule has 3 N–H and O–H groups in total. The Morgan fingerprint density at radius 3 is 2.64 bits per heavy atom. The number of aromatic nitrogens is 4. The maximum Gasteiger partial charge on any atom is 0.273 e. The van der Waals surface area contributed by atoms with Crippen molar-refractivity contribution in [1.82, 2.24) is 25.5 Å². The van der Waals surface area contributed by atoms with Gasteiger partial charge in [-0.2, -0.15) is 0 Å². The van der Waals surface area contributed by atoms with Crippen molar-refractivity contribution in [2.45, 2.75) is 12.6 Å². The first kappa shape index (κ1) is 18.4. The number of carbonyl (C=O) groups is 2. The summed E-state index contributed by atoms with van der Waals surface area (Å²) < 4.78 is 53.9. The lowest BCUT2D eigenvalue weighted by Crippen LogP contribution is -2.22. The number of rotatable bonds is 7. The van der Waals surface area contributed by atoms with E-state index in [1.807, 2.05) is 5.32 Å². The number of hydrogen-bond acceptors (Lipinski definition) is 8. The van der Waals surface area contributed by atoms with Gasteiger partial charge in [0, 0.05) is 17.2 Å². The van der Waals surface area contributed by atoms with Crippen molar-refractivity contribution < 1.29 is 27.2 Å². The van der Waals surface area contributed by atoms with Gasteiger partial charge >= 0.3 is 0 Å². The Kier molecular flexibility index (Phi) is 5.07. The van der Waals surface area contributed by atoms with Crippen LogP contribution in [0.25, 0.3) is 11.4 Å². The third kappa shape index (κ3) is 4.68. The molecule has 4 rings (SSSR count). The van der Waals surface area contributed by atoms with E-state index >= 15 is 0 Å². The fraction of sp³-hybridized carbons (Fsp3) is 0.238. The van der Waals surface area contributed by atoms with Gasteiger partial charge in [-0.25, -0.2) is 18.7 Å². The van der Waals surface area contributed by atoms with Crippen LogP contribution in [0.15, 0.2) is 36.7 Å². The summed E-state index contributed by atoms with van der Waals surface area (Å²) in [6.07, 6.45) is 0.838. The van der Waals surface area contributed by atoms with Crippen molar-refractivity contribution >= 4 is 29.0 Å². The topological polar surface area (TPSA) is 131 Å². The largest absolute Gasteiger partial charge is 0.494 e. The van der Waals surface area contributed by atoms with Gasteiger partial charge < -0.3 is 20.7 Å². The van der Waals surface area contributed by atoms with E-state index in [0.717, 1.165) is 12.4 Å². The van der Waals surface area contributed by atoms with Crippen LogP contribution in [0.4, 0.5) is 26.0 Å². The summed E-state index contributed by atoms with van der Waals surface area (Å²) in [4.78, 5) is 32.6. The number of methoxy groups -OCH3 is 1. The van der Waals surface area contributed by atoms with Crippen molar-refractivity contribution in [3.05, 3.63) is 48.2 Å². The highest BCUT2D eigenvalue weighted by molar-refractivity contribution is 6.00. The van der Waals surface area contributed by atoms with Gasteiger partial charge in [0.25, 0.3) is 5.91 Å². The maximum absolute atomic E-state index is 13.3. The first-order valence-corrected chi connectivity index (χ1v) is 9.63. The van der Waals surface area contributed by atoms with E-state index in [-0.39, 0.29) is 35.2 Å². The molecule has 1 aliphatic carbocycles. The predicted octanol–water partition coefficient (Wildman–Crippen LogP) is 2.48. The number of nitrogens with one attached hydrogen (secondary N) is 3. The summed E-state index contributed by atoms with van der Waals surface area (Å²) in [5, 5.41) is 14.7. The molecule has 1 aliphatic rings. The molecule has 0 spiro atoms. The van der Waals surface area contributed by atoms with E-state index in [2.05, 4.69) is 30.8 Å². The van der Waals surface area contributed by atoms with Crippen LogP contribution in [0.5, 0.6) is 5.75 Å². The van der Waals surface area contributed by atoms with Crippen LogP contribution >= 0.6 is 0 Å². The SMILES string of the molecule is [2H]C([2H])([2H])NC(=O)c1nnc(NC(=O)[C@@H]2C[C@@H]2F)cc1Nc1cccc(-c2ncc(F)cn2)c1OC. The molecule has 0 bridgehead atoms. The minimum atomic E-state index is -2.80. The molecule has 1 aromatic carbocycles. The third-order valence-electron chi connectivity index (χ3n) is 4.77. The van der Waals surface area contributed by atoms with Gasteiger partial charge in [0.1, 0.15) is 6.17 Å². The van der Waals surface area contributed by atoms with Crippen LogP contribution in [0.1, 0.15) is 21.0 Å². The van der Waals surface area contributed by atoms with Crippen LogP contribution in [-0.2, 0) is 4.79 Å². The zero-order chi connectivity index (χ0) is 26.0. The number of hydrogen-bond donors (Lipinski definition) is 3. The average molecular weight is 458 g/mol. The fourth-order valence-electron chi connectivity index (χ4n) is 3.06. The Morgan fingerprint density at radius 2 is 1.97 bits per heavy atom. The lowest BCUT2D eigenvalue weighted by Gasteiger charge is -2.16. The van der Waals surface area contributed by atoms with Crippen molar-refractivity contribution in [2.75, 3.05) is 24.7 Å². The quantitative estimate of drug-likeness (QED) is 0.492. The first-order chi connectivity index (χ1) is 17.1. The molecule has 3 aromatic rings. The molecule has 2 heterocycles. The number of para-hydroxylation sites is 1.